The Balaban J connectivity index is 2.33. The van der Waals surface area contributed by atoms with Crippen molar-refractivity contribution in [2.45, 2.75) is 6.42 Å². The van der Waals surface area contributed by atoms with Crippen LogP contribution in [0.5, 0.6) is 17.2 Å². The zero-order chi connectivity index (χ0) is 16.8. The SMILES string of the molecule is COc1cc(OC)c(C(=O)CC(=O)c2ccccc2)c(OC)c1. The van der Waals surface area contributed by atoms with E-state index in [0.717, 1.165) is 0 Å². The number of carbonyl (C=O) groups is 2. The third-order valence-corrected chi connectivity index (χ3v) is 3.41. The first kappa shape index (κ1) is 16.5. The topological polar surface area (TPSA) is 61.8 Å². The molecule has 5 heteroatoms. The van der Waals surface area contributed by atoms with Gasteiger partial charge in [-0.15, -0.1) is 0 Å². The summed E-state index contributed by atoms with van der Waals surface area (Å²) in [5.74, 6) is 0.509. The molecule has 0 fully saturated rings. The molecule has 0 aliphatic rings. The van der Waals surface area contributed by atoms with Gasteiger partial charge in [-0.2, -0.15) is 0 Å². The van der Waals surface area contributed by atoms with E-state index in [-0.39, 0.29) is 23.6 Å². The van der Waals surface area contributed by atoms with Gasteiger partial charge in [-0.3, -0.25) is 9.59 Å². The number of ether oxygens (including phenoxy) is 3. The quantitative estimate of drug-likeness (QED) is 0.580. The largest absolute Gasteiger partial charge is 0.496 e. The molecule has 2 aromatic carbocycles. The second-order valence-electron chi connectivity index (χ2n) is 4.80. The van der Waals surface area contributed by atoms with E-state index in [9.17, 15) is 9.59 Å². The van der Waals surface area contributed by atoms with Crippen molar-refractivity contribution in [1.29, 1.82) is 0 Å². The molecular weight excluding hydrogens is 296 g/mol. The van der Waals surface area contributed by atoms with Crippen LogP contribution in [0.25, 0.3) is 0 Å². The van der Waals surface area contributed by atoms with Gasteiger partial charge in [0.2, 0.25) is 0 Å². The van der Waals surface area contributed by atoms with Crippen molar-refractivity contribution in [3.8, 4) is 17.2 Å². The molecule has 0 radical (unpaired) electrons. The fourth-order valence-corrected chi connectivity index (χ4v) is 2.24. The molecular formula is C18H18O5. The Bertz CT molecular complexity index is 682. The monoisotopic (exact) mass is 314 g/mol. The molecule has 0 saturated carbocycles. The molecule has 0 N–H and O–H groups in total. The maximum atomic E-state index is 12.6. The van der Waals surface area contributed by atoms with Gasteiger partial charge in [0, 0.05) is 17.7 Å². The van der Waals surface area contributed by atoms with Gasteiger partial charge in [-0.25, -0.2) is 0 Å². The van der Waals surface area contributed by atoms with Gasteiger partial charge in [-0.1, -0.05) is 30.3 Å². The summed E-state index contributed by atoms with van der Waals surface area (Å²) in [6, 6.07) is 11.9. The average molecular weight is 314 g/mol. The van der Waals surface area contributed by atoms with E-state index in [4.69, 9.17) is 14.2 Å². The number of benzene rings is 2. The van der Waals surface area contributed by atoms with Gasteiger partial charge in [0.05, 0.1) is 27.8 Å². The van der Waals surface area contributed by atoms with Crippen molar-refractivity contribution < 1.29 is 23.8 Å². The van der Waals surface area contributed by atoms with Crippen molar-refractivity contribution in [2.75, 3.05) is 21.3 Å². The van der Waals surface area contributed by atoms with Crippen molar-refractivity contribution in [3.63, 3.8) is 0 Å². The zero-order valence-electron chi connectivity index (χ0n) is 13.3. The molecule has 5 nitrogen and oxygen atoms in total. The van der Waals surface area contributed by atoms with Gasteiger partial charge in [-0.05, 0) is 0 Å². The molecule has 2 aromatic rings. The third-order valence-electron chi connectivity index (χ3n) is 3.41. The van der Waals surface area contributed by atoms with E-state index in [2.05, 4.69) is 0 Å². The van der Waals surface area contributed by atoms with E-state index in [1.807, 2.05) is 6.07 Å². The second-order valence-corrected chi connectivity index (χ2v) is 4.80. The molecule has 0 amide bonds. The predicted octanol–water partition coefficient (Wildman–Crippen LogP) is 3.17. The molecule has 120 valence electrons. The Kier molecular flexibility index (Phi) is 5.36. The standard InChI is InChI=1S/C18H18O5/c1-21-13-9-16(22-2)18(17(10-13)23-3)15(20)11-14(19)12-7-5-4-6-8-12/h4-10H,11H2,1-3H3. The van der Waals surface area contributed by atoms with Crippen LogP contribution in [0.15, 0.2) is 42.5 Å². The van der Waals surface area contributed by atoms with Gasteiger partial charge < -0.3 is 14.2 Å². The van der Waals surface area contributed by atoms with Gasteiger partial charge in [0.25, 0.3) is 0 Å². The lowest BCUT2D eigenvalue weighted by Gasteiger charge is -2.14. The number of hydrogen-bond acceptors (Lipinski definition) is 5. The molecule has 0 aliphatic carbocycles. The molecule has 2 rings (SSSR count). The molecule has 23 heavy (non-hydrogen) atoms. The van der Waals surface area contributed by atoms with Gasteiger partial charge in [0.1, 0.15) is 22.8 Å². The highest BCUT2D eigenvalue weighted by Gasteiger charge is 2.22. The normalized spacial score (nSPS) is 10.0. The summed E-state index contributed by atoms with van der Waals surface area (Å²) in [4.78, 5) is 24.8. The van der Waals surface area contributed by atoms with Crippen LogP contribution in [0.2, 0.25) is 0 Å². The van der Waals surface area contributed by atoms with Crippen LogP contribution in [0.4, 0.5) is 0 Å². The number of rotatable bonds is 7. The van der Waals surface area contributed by atoms with E-state index in [1.54, 1.807) is 36.4 Å². The van der Waals surface area contributed by atoms with Crippen molar-refractivity contribution in [2.24, 2.45) is 0 Å². The van der Waals surface area contributed by atoms with Crippen LogP contribution in [-0.4, -0.2) is 32.9 Å². The molecule has 0 saturated heterocycles. The fourth-order valence-electron chi connectivity index (χ4n) is 2.24. The van der Waals surface area contributed by atoms with E-state index < -0.39 is 0 Å². The highest BCUT2D eigenvalue weighted by Crippen LogP contribution is 2.35. The van der Waals surface area contributed by atoms with E-state index in [0.29, 0.717) is 22.8 Å². The zero-order valence-corrected chi connectivity index (χ0v) is 13.3. The highest BCUT2D eigenvalue weighted by molar-refractivity contribution is 6.15. The highest BCUT2D eigenvalue weighted by atomic mass is 16.5. The smallest absolute Gasteiger partial charge is 0.178 e. The third kappa shape index (κ3) is 3.69. The lowest BCUT2D eigenvalue weighted by atomic mass is 10.00. The van der Waals surface area contributed by atoms with Crippen LogP contribution >= 0.6 is 0 Å². The lowest BCUT2D eigenvalue weighted by Crippen LogP contribution is -2.11. The number of ketones is 2. The van der Waals surface area contributed by atoms with E-state index >= 15 is 0 Å². The van der Waals surface area contributed by atoms with Crippen LogP contribution in [-0.2, 0) is 0 Å². The molecule has 0 bridgehead atoms. The Morgan fingerprint density at radius 3 is 1.87 bits per heavy atom. The Morgan fingerprint density at radius 1 is 0.826 bits per heavy atom. The predicted molar refractivity (Wildman–Crippen MR) is 85.8 cm³/mol. The summed E-state index contributed by atoms with van der Waals surface area (Å²) >= 11 is 0. The summed E-state index contributed by atoms with van der Waals surface area (Å²) in [6.45, 7) is 0. The van der Waals surface area contributed by atoms with Crippen LogP contribution < -0.4 is 14.2 Å². The summed E-state index contributed by atoms with van der Waals surface area (Å²) in [6.07, 6.45) is -0.261. The van der Waals surface area contributed by atoms with Crippen molar-refractivity contribution in [1.82, 2.24) is 0 Å². The van der Waals surface area contributed by atoms with Crippen LogP contribution in [0, 0.1) is 0 Å². The van der Waals surface area contributed by atoms with Gasteiger partial charge in [0.15, 0.2) is 11.6 Å². The second kappa shape index (κ2) is 7.45. The number of methoxy groups -OCH3 is 3. The maximum absolute atomic E-state index is 12.6. The molecule has 0 aliphatic heterocycles. The van der Waals surface area contributed by atoms with Crippen molar-refractivity contribution >= 4 is 11.6 Å². The summed E-state index contributed by atoms with van der Waals surface area (Å²) < 4.78 is 15.6. The lowest BCUT2D eigenvalue weighted by molar-refractivity contribution is 0.0891. The van der Waals surface area contributed by atoms with Crippen molar-refractivity contribution in [3.05, 3.63) is 53.6 Å². The Hall–Kier alpha value is -2.82. The molecule has 0 aromatic heterocycles. The first-order chi connectivity index (χ1) is 11.1. The summed E-state index contributed by atoms with van der Waals surface area (Å²) in [5.41, 5.74) is 0.729. The Labute approximate surface area is 134 Å². The molecule has 0 spiro atoms. The maximum Gasteiger partial charge on any atom is 0.178 e. The summed E-state index contributed by atoms with van der Waals surface area (Å²) in [5, 5.41) is 0. The van der Waals surface area contributed by atoms with Gasteiger partial charge >= 0.3 is 0 Å². The number of carbonyl (C=O) groups excluding carboxylic acids is 2. The number of hydrogen-bond donors (Lipinski definition) is 0. The molecule has 0 unspecified atom stereocenters. The first-order valence-corrected chi connectivity index (χ1v) is 7.02. The molecule has 0 atom stereocenters. The first-order valence-electron chi connectivity index (χ1n) is 7.02. The van der Waals surface area contributed by atoms with Crippen LogP contribution in [0.1, 0.15) is 27.1 Å². The van der Waals surface area contributed by atoms with E-state index in [1.165, 1.54) is 21.3 Å². The molecule has 0 heterocycles. The fraction of sp³-hybridized carbons (Fsp3) is 0.222. The Morgan fingerprint density at radius 2 is 1.39 bits per heavy atom. The number of Topliss-reactive ketones (excluding diaryl/α,β-unsaturated/α-hetero) is 2. The average Bonchev–Trinajstić information content (AvgIpc) is 2.60. The minimum Gasteiger partial charge on any atom is -0.496 e. The van der Waals surface area contributed by atoms with Crippen LogP contribution in [0.3, 0.4) is 0 Å². The minimum absolute atomic E-state index is 0.236. The summed E-state index contributed by atoms with van der Waals surface area (Å²) in [7, 11) is 4.41. The minimum atomic E-state index is -0.366.